The number of nitrogens with one attached hydrogen (secondary N) is 1. The lowest BCUT2D eigenvalue weighted by Crippen LogP contribution is -2.46. The van der Waals surface area contributed by atoms with Crippen LogP contribution >= 0.6 is 0 Å². The smallest absolute Gasteiger partial charge is 0.251 e. The van der Waals surface area contributed by atoms with Gasteiger partial charge in [-0.3, -0.25) is 4.79 Å². The number of carbonyl (C=O) groups is 1. The molecule has 2 atom stereocenters. The molecule has 1 fully saturated rings. The van der Waals surface area contributed by atoms with Gasteiger partial charge >= 0.3 is 0 Å². The van der Waals surface area contributed by atoms with Crippen molar-refractivity contribution in [2.75, 3.05) is 33.9 Å². The molecule has 0 radical (unpaired) electrons. The van der Waals surface area contributed by atoms with Crippen LogP contribution in [0.5, 0.6) is 5.75 Å². The van der Waals surface area contributed by atoms with Crippen molar-refractivity contribution in [3.8, 4) is 22.9 Å². The van der Waals surface area contributed by atoms with Crippen LogP contribution in [0.1, 0.15) is 12.0 Å². The fourth-order valence-corrected chi connectivity index (χ4v) is 3.39. The Bertz CT molecular complexity index is 843. The second-order valence-electron chi connectivity index (χ2n) is 7.30. The Labute approximate surface area is 172 Å². The molecular formula is C23H27N3O3. The summed E-state index contributed by atoms with van der Waals surface area (Å²) >= 11 is 0. The Kier molecular flexibility index (Phi) is 7.23. The highest BCUT2D eigenvalue weighted by atomic mass is 16.5. The van der Waals surface area contributed by atoms with E-state index in [2.05, 4.69) is 16.3 Å². The average Bonchev–Trinajstić information content (AvgIpc) is 2.98. The predicted molar refractivity (Wildman–Crippen MR) is 112 cm³/mol. The van der Waals surface area contributed by atoms with Crippen LogP contribution in [0.3, 0.4) is 0 Å². The summed E-state index contributed by atoms with van der Waals surface area (Å²) < 4.78 is 10.8. The van der Waals surface area contributed by atoms with E-state index >= 15 is 0 Å². The van der Waals surface area contributed by atoms with Crippen LogP contribution in [-0.4, -0.2) is 56.8 Å². The quantitative estimate of drug-likeness (QED) is 0.817. The van der Waals surface area contributed by atoms with E-state index < -0.39 is 12.1 Å². The Morgan fingerprint density at radius 2 is 1.90 bits per heavy atom. The van der Waals surface area contributed by atoms with E-state index in [1.807, 2.05) is 55.6 Å². The molecule has 29 heavy (non-hydrogen) atoms. The van der Waals surface area contributed by atoms with Crippen molar-refractivity contribution in [1.82, 2.24) is 10.2 Å². The first-order chi connectivity index (χ1) is 14.1. The molecular weight excluding hydrogens is 366 g/mol. The van der Waals surface area contributed by atoms with Gasteiger partial charge in [-0.15, -0.1) is 0 Å². The van der Waals surface area contributed by atoms with Gasteiger partial charge in [-0.25, -0.2) is 0 Å². The second-order valence-corrected chi connectivity index (χ2v) is 7.30. The van der Waals surface area contributed by atoms with Gasteiger partial charge in [0.2, 0.25) is 0 Å². The number of amides is 1. The summed E-state index contributed by atoms with van der Waals surface area (Å²) in [5, 5.41) is 12.3. The van der Waals surface area contributed by atoms with Crippen molar-refractivity contribution in [3.63, 3.8) is 0 Å². The number of carbonyl (C=O) groups excluding carboxylic acids is 1. The lowest BCUT2D eigenvalue weighted by molar-refractivity contribution is -0.133. The minimum absolute atomic E-state index is 0.222. The summed E-state index contributed by atoms with van der Waals surface area (Å²) in [6, 6.07) is 17.5. The molecule has 1 N–H and O–H groups in total. The summed E-state index contributed by atoms with van der Waals surface area (Å²) in [6.07, 6.45) is 0.826. The predicted octanol–water partition coefficient (Wildman–Crippen LogP) is 2.63. The third-order valence-electron chi connectivity index (χ3n) is 5.06. The van der Waals surface area contributed by atoms with Crippen molar-refractivity contribution in [3.05, 3.63) is 54.1 Å². The van der Waals surface area contributed by atoms with Crippen LogP contribution in [-0.2, 0) is 16.0 Å². The summed E-state index contributed by atoms with van der Waals surface area (Å²) in [6.45, 7) is 2.01. The Morgan fingerprint density at radius 1 is 1.24 bits per heavy atom. The highest BCUT2D eigenvalue weighted by Crippen LogP contribution is 2.23. The monoisotopic (exact) mass is 393 g/mol. The minimum Gasteiger partial charge on any atom is -0.497 e. The van der Waals surface area contributed by atoms with E-state index in [1.54, 1.807) is 7.11 Å². The number of methoxy groups -OCH3 is 1. The van der Waals surface area contributed by atoms with Gasteiger partial charge in [-0.2, -0.15) is 5.26 Å². The standard InChI is InChI=1S/C23H27N3O3/c1-26-12-3-13-29-22(16-26)23(27)25-20(15-24)14-17-4-6-18(7-5-17)19-8-10-21(28-2)11-9-19/h4-11,20,22H,3,12-14,16H2,1-2H3,(H,25,27). The van der Waals surface area contributed by atoms with Crippen molar-refractivity contribution in [1.29, 1.82) is 5.26 Å². The lowest BCUT2D eigenvalue weighted by atomic mass is 10.0. The third kappa shape index (κ3) is 5.80. The molecule has 1 aliphatic heterocycles. The number of benzene rings is 2. The van der Waals surface area contributed by atoms with E-state index in [0.29, 0.717) is 19.6 Å². The molecule has 0 aromatic heterocycles. The largest absolute Gasteiger partial charge is 0.497 e. The molecule has 0 spiro atoms. The normalized spacial score (nSPS) is 18.3. The molecule has 0 saturated carbocycles. The van der Waals surface area contributed by atoms with Gasteiger partial charge in [0.25, 0.3) is 5.91 Å². The zero-order valence-corrected chi connectivity index (χ0v) is 16.9. The number of rotatable bonds is 6. The van der Waals surface area contributed by atoms with Gasteiger partial charge in [0, 0.05) is 26.1 Å². The molecule has 1 amide bonds. The number of likely N-dealkylation sites (N-methyl/N-ethyl adjacent to an activating group) is 1. The topological polar surface area (TPSA) is 74.6 Å². The molecule has 6 nitrogen and oxygen atoms in total. The molecule has 152 valence electrons. The maximum absolute atomic E-state index is 12.5. The molecule has 2 aromatic rings. The van der Waals surface area contributed by atoms with Crippen LogP contribution < -0.4 is 10.1 Å². The Hall–Kier alpha value is -2.88. The van der Waals surface area contributed by atoms with Gasteiger partial charge in [0.05, 0.1) is 13.2 Å². The summed E-state index contributed by atoms with van der Waals surface area (Å²) in [4.78, 5) is 14.6. The van der Waals surface area contributed by atoms with Crippen molar-refractivity contribution >= 4 is 5.91 Å². The molecule has 1 aliphatic rings. The van der Waals surface area contributed by atoms with Crippen LogP contribution in [0.25, 0.3) is 11.1 Å². The first-order valence-electron chi connectivity index (χ1n) is 9.82. The maximum Gasteiger partial charge on any atom is 0.251 e. The van der Waals surface area contributed by atoms with Gasteiger partial charge in [-0.05, 0) is 42.3 Å². The number of nitrogens with zero attached hydrogens (tertiary/aromatic N) is 2. The first-order valence-corrected chi connectivity index (χ1v) is 9.82. The number of nitriles is 1. The Balaban J connectivity index is 1.60. The van der Waals surface area contributed by atoms with E-state index in [0.717, 1.165) is 35.4 Å². The van der Waals surface area contributed by atoms with Crippen LogP contribution in [0.15, 0.2) is 48.5 Å². The lowest BCUT2D eigenvalue weighted by Gasteiger charge is -2.20. The molecule has 1 heterocycles. The number of ether oxygens (including phenoxy) is 2. The summed E-state index contributed by atoms with van der Waals surface area (Å²) in [7, 11) is 3.62. The highest BCUT2D eigenvalue weighted by Gasteiger charge is 2.25. The van der Waals surface area contributed by atoms with Crippen LogP contribution in [0.2, 0.25) is 0 Å². The molecule has 3 rings (SSSR count). The molecule has 1 saturated heterocycles. The first kappa shape index (κ1) is 20.8. The van der Waals surface area contributed by atoms with Gasteiger partial charge in [0.1, 0.15) is 17.9 Å². The van der Waals surface area contributed by atoms with Crippen molar-refractivity contribution < 1.29 is 14.3 Å². The summed E-state index contributed by atoms with van der Waals surface area (Å²) in [5.74, 6) is 0.599. The van der Waals surface area contributed by atoms with Gasteiger partial charge in [0.15, 0.2) is 0 Å². The Morgan fingerprint density at radius 3 is 2.52 bits per heavy atom. The third-order valence-corrected chi connectivity index (χ3v) is 5.06. The average molecular weight is 393 g/mol. The van der Waals surface area contributed by atoms with E-state index in [4.69, 9.17) is 9.47 Å². The molecule has 0 bridgehead atoms. The van der Waals surface area contributed by atoms with Crippen molar-refractivity contribution in [2.24, 2.45) is 0 Å². The van der Waals surface area contributed by atoms with Crippen LogP contribution in [0, 0.1) is 11.3 Å². The fourth-order valence-electron chi connectivity index (χ4n) is 3.39. The summed E-state index contributed by atoms with van der Waals surface area (Å²) in [5.41, 5.74) is 3.17. The fraction of sp³-hybridized carbons (Fsp3) is 0.391. The number of hydrogen-bond donors (Lipinski definition) is 1. The maximum atomic E-state index is 12.5. The zero-order valence-electron chi connectivity index (χ0n) is 16.9. The molecule has 6 heteroatoms. The minimum atomic E-state index is -0.591. The molecule has 2 aromatic carbocycles. The van der Waals surface area contributed by atoms with Crippen molar-refractivity contribution in [2.45, 2.75) is 25.0 Å². The van der Waals surface area contributed by atoms with E-state index in [-0.39, 0.29) is 5.91 Å². The zero-order chi connectivity index (χ0) is 20.6. The van der Waals surface area contributed by atoms with Gasteiger partial charge < -0.3 is 19.7 Å². The van der Waals surface area contributed by atoms with Gasteiger partial charge in [-0.1, -0.05) is 36.4 Å². The van der Waals surface area contributed by atoms with Crippen LogP contribution in [0.4, 0.5) is 0 Å². The van der Waals surface area contributed by atoms with E-state index in [9.17, 15) is 10.1 Å². The molecule has 2 unspecified atom stereocenters. The highest BCUT2D eigenvalue weighted by molar-refractivity contribution is 5.81. The van der Waals surface area contributed by atoms with E-state index in [1.165, 1.54) is 0 Å². The second kappa shape index (κ2) is 10.1. The molecule has 0 aliphatic carbocycles. The SMILES string of the molecule is COc1ccc(-c2ccc(CC(C#N)NC(=O)C3CN(C)CCCO3)cc2)cc1. The number of hydrogen-bond acceptors (Lipinski definition) is 5.